The van der Waals surface area contributed by atoms with Gasteiger partial charge in [-0.2, -0.15) is 15.0 Å². The van der Waals surface area contributed by atoms with Gasteiger partial charge in [0.15, 0.2) is 0 Å². The van der Waals surface area contributed by atoms with Crippen LogP contribution in [0, 0.1) is 0 Å². The lowest BCUT2D eigenvalue weighted by atomic mass is 10.3. The Balaban J connectivity index is 2.34. The summed E-state index contributed by atoms with van der Waals surface area (Å²) in [5.74, 6) is 0.286. The Labute approximate surface area is 124 Å². The summed E-state index contributed by atoms with van der Waals surface area (Å²) in [6, 6.07) is 5.66. The molecule has 0 fully saturated rings. The third-order valence-electron chi connectivity index (χ3n) is 1.76. The van der Waals surface area contributed by atoms with E-state index in [1.54, 1.807) is 0 Å². The summed E-state index contributed by atoms with van der Waals surface area (Å²) < 4.78 is 1.79. The van der Waals surface area contributed by atoms with Gasteiger partial charge in [-0.25, -0.2) is 0 Å². The van der Waals surface area contributed by atoms with Gasteiger partial charge in [0.25, 0.3) is 0 Å². The van der Waals surface area contributed by atoms with E-state index in [2.05, 4.69) is 52.1 Å². The van der Waals surface area contributed by atoms with Crippen LogP contribution in [-0.4, -0.2) is 15.0 Å². The number of nitrogens with zero attached hydrogens (tertiary/aromatic N) is 3. The molecule has 0 radical (unpaired) electrons. The smallest absolute Gasteiger partial charge is 0.232 e. The predicted octanol–water partition coefficient (Wildman–Crippen LogP) is 4.45. The highest BCUT2D eigenvalue weighted by atomic mass is 79.9. The highest BCUT2D eigenvalue weighted by Gasteiger charge is 2.06. The van der Waals surface area contributed by atoms with Crippen LogP contribution in [0.5, 0.6) is 0 Å². The Kier molecular flexibility index (Phi) is 4.19. The van der Waals surface area contributed by atoms with Crippen LogP contribution in [0.25, 0.3) is 0 Å². The highest BCUT2D eigenvalue weighted by molar-refractivity contribution is 9.11. The average molecular weight is 399 g/mol. The number of anilines is 2. The molecule has 0 saturated heterocycles. The second kappa shape index (κ2) is 5.48. The van der Waals surface area contributed by atoms with Crippen LogP contribution in [-0.2, 0) is 0 Å². The normalized spacial score (nSPS) is 10.4. The summed E-state index contributed by atoms with van der Waals surface area (Å²) in [7, 11) is 0. The molecule has 88 valence electrons. The van der Waals surface area contributed by atoms with Crippen LogP contribution in [0.1, 0.15) is 0 Å². The second-order valence-electron chi connectivity index (χ2n) is 2.95. The molecule has 0 aliphatic heterocycles. The van der Waals surface area contributed by atoms with Crippen molar-refractivity contribution in [3.63, 3.8) is 0 Å². The van der Waals surface area contributed by atoms with E-state index in [1.165, 1.54) is 0 Å². The van der Waals surface area contributed by atoms with Gasteiger partial charge in [0, 0.05) is 8.95 Å². The summed E-state index contributed by atoms with van der Waals surface area (Å²) in [5.41, 5.74) is 0.790. The van der Waals surface area contributed by atoms with Crippen LogP contribution in [0.3, 0.4) is 0 Å². The molecule has 0 aliphatic carbocycles. The molecule has 4 nitrogen and oxygen atoms in total. The molecule has 0 bridgehead atoms. The molecule has 1 aromatic heterocycles. The van der Waals surface area contributed by atoms with Crippen LogP contribution in [0.2, 0.25) is 10.6 Å². The number of hydrogen-bond acceptors (Lipinski definition) is 4. The van der Waals surface area contributed by atoms with Gasteiger partial charge >= 0.3 is 0 Å². The van der Waals surface area contributed by atoms with E-state index in [0.29, 0.717) is 0 Å². The molecular formula is C9H4Br2Cl2N4. The topological polar surface area (TPSA) is 50.7 Å². The van der Waals surface area contributed by atoms with Gasteiger partial charge in [0.1, 0.15) is 0 Å². The Bertz CT molecular complexity index is 544. The molecule has 8 heteroatoms. The lowest BCUT2D eigenvalue weighted by molar-refractivity contribution is 1.05. The van der Waals surface area contributed by atoms with E-state index in [1.807, 2.05) is 18.2 Å². The molecule has 1 aromatic carbocycles. The quantitative estimate of drug-likeness (QED) is 0.812. The van der Waals surface area contributed by atoms with Gasteiger partial charge < -0.3 is 5.32 Å². The summed E-state index contributed by atoms with van der Waals surface area (Å²) in [6.45, 7) is 0. The molecule has 0 spiro atoms. The Morgan fingerprint density at radius 1 is 1.00 bits per heavy atom. The van der Waals surface area contributed by atoms with Crippen molar-refractivity contribution in [1.82, 2.24) is 15.0 Å². The first-order chi connectivity index (χ1) is 8.04. The van der Waals surface area contributed by atoms with Crippen LogP contribution >= 0.6 is 55.1 Å². The third-order valence-corrected chi connectivity index (χ3v) is 3.28. The van der Waals surface area contributed by atoms with Crippen molar-refractivity contribution in [1.29, 1.82) is 0 Å². The van der Waals surface area contributed by atoms with Crippen LogP contribution in [0.4, 0.5) is 11.6 Å². The molecule has 1 heterocycles. The molecule has 0 saturated carbocycles. The maximum absolute atomic E-state index is 5.68. The Morgan fingerprint density at radius 2 is 1.65 bits per heavy atom. The van der Waals surface area contributed by atoms with E-state index in [0.717, 1.165) is 14.6 Å². The van der Waals surface area contributed by atoms with Crippen LogP contribution in [0.15, 0.2) is 27.1 Å². The maximum atomic E-state index is 5.68. The van der Waals surface area contributed by atoms with Gasteiger partial charge in [-0.05, 0) is 57.3 Å². The number of aromatic nitrogens is 3. The highest BCUT2D eigenvalue weighted by Crippen LogP contribution is 2.28. The molecular weight excluding hydrogens is 395 g/mol. The Morgan fingerprint density at radius 3 is 2.29 bits per heavy atom. The number of benzene rings is 1. The van der Waals surface area contributed by atoms with E-state index in [-0.39, 0.29) is 16.5 Å². The molecule has 1 N–H and O–H groups in total. The van der Waals surface area contributed by atoms with Gasteiger partial charge in [-0.3, -0.25) is 0 Å². The molecule has 2 rings (SSSR count). The fourth-order valence-corrected chi connectivity index (χ4v) is 2.17. The average Bonchev–Trinajstić information content (AvgIpc) is 2.22. The van der Waals surface area contributed by atoms with Gasteiger partial charge in [0.2, 0.25) is 16.5 Å². The summed E-state index contributed by atoms with van der Waals surface area (Å²) in [5, 5.41) is 3.07. The van der Waals surface area contributed by atoms with Crippen molar-refractivity contribution < 1.29 is 0 Å². The summed E-state index contributed by atoms with van der Waals surface area (Å²) in [6.07, 6.45) is 0. The lowest BCUT2D eigenvalue weighted by Crippen LogP contribution is -1.99. The molecule has 2 aromatic rings. The third kappa shape index (κ3) is 3.51. The number of hydrogen-bond donors (Lipinski definition) is 1. The maximum Gasteiger partial charge on any atom is 0.232 e. The summed E-state index contributed by atoms with van der Waals surface area (Å²) >= 11 is 18.1. The fraction of sp³-hybridized carbons (Fsp3) is 0. The number of rotatable bonds is 2. The minimum absolute atomic E-state index is 0.0404. The van der Waals surface area contributed by atoms with Crippen molar-refractivity contribution in [3.8, 4) is 0 Å². The van der Waals surface area contributed by atoms with E-state index < -0.39 is 0 Å². The minimum Gasteiger partial charge on any atom is -0.323 e. The molecule has 17 heavy (non-hydrogen) atoms. The Hall–Kier alpha value is -0.430. The standard InChI is InChI=1S/C9H4Br2Cl2N4/c10-4-1-2-5(11)6(3-4)14-9-16-7(12)15-8(13)17-9/h1-3H,(H,14,15,16,17). The van der Waals surface area contributed by atoms with Crippen molar-refractivity contribution in [2.45, 2.75) is 0 Å². The van der Waals surface area contributed by atoms with E-state index in [4.69, 9.17) is 23.2 Å². The monoisotopic (exact) mass is 396 g/mol. The van der Waals surface area contributed by atoms with Gasteiger partial charge in [-0.15, -0.1) is 0 Å². The van der Waals surface area contributed by atoms with Crippen molar-refractivity contribution >= 4 is 66.7 Å². The van der Waals surface area contributed by atoms with E-state index >= 15 is 0 Å². The SMILES string of the molecule is Clc1nc(Cl)nc(Nc2cc(Br)ccc2Br)n1. The zero-order chi connectivity index (χ0) is 12.4. The van der Waals surface area contributed by atoms with Crippen molar-refractivity contribution in [2.24, 2.45) is 0 Å². The lowest BCUT2D eigenvalue weighted by Gasteiger charge is -2.07. The molecule has 0 atom stereocenters. The van der Waals surface area contributed by atoms with Crippen molar-refractivity contribution in [2.75, 3.05) is 5.32 Å². The van der Waals surface area contributed by atoms with E-state index in [9.17, 15) is 0 Å². The van der Waals surface area contributed by atoms with Crippen LogP contribution < -0.4 is 5.32 Å². The number of halogens is 4. The zero-order valence-corrected chi connectivity index (χ0v) is 12.8. The van der Waals surface area contributed by atoms with Gasteiger partial charge in [0.05, 0.1) is 5.69 Å². The first-order valence-electron chi connectivity index (χ1n) is 4.34. The molecule has 0 aliphatic rings. The van der Waals surface area contributed by atoms with Gasteiger partial charge in [-0.1, -0.05) is 15.9 Å². The summed E-state index contributed by atoms with van der Waals surface area (Å²) in [4.78, 5) is 11.5. The minimum atomic E-state index is 0.0404. The zero-order valence-electron chi connectivity index (χ0n) is 8.09. The largest absolute Gasteiger partial charge is 0.323 e. The number of nitrogens with one attached hydrogen (secondary N) is 1. The first kappa shape index (κ1) is 13.0. The first-order valence-corrected chi connectivity index (χ1v) is 6.68. The predicted molar refractivity (Wildman–Crippen MR) is 75.0 cm³/mol. The molecule has 0 amide bonds. The fourth-order valence-electron chi connectivity index (χ4n) is 1.10. The second-order valence-corrected chi connectivity index (χ2v) is 5.39. The molecule has 0 unspecified atom stereocenters. The van der Waals surface area contributed by atoms with Crippen molar-refractivity contribution in [3.05, 3.63) is 37.7 Å².